The SMILES string of the molecule is CC(=O)N1CCCCC(NC(=O)[C@@H](N)Cc2ccc(F)cc2)C(=O)N(C)C(Cc2ccc(O)c(C(C)(C)C)c2)C(=O)NCCC1. The number of benzene rings is 2. The smallest absolute Gasteiger partial charge is 0.245 e. The first-order chi connectivity index (χ1) is 21.2. The zero-order valence-electron chi connectivity index (χ0n) is 27.1. The number of amides is 4. The van der Waals surface area contributed by atoms with E-state index in [9.17, 15) is 28.7 Å². The van der Waals surface area contributed by atoms with Crippen LogP contribution in [0.5, 0.6) is 5.75 Å². The van der Waals surface area contributed by atoms with Gasteiger partial charge in [-0.3, -0.25) is 19.2 Å². The van der Waals surface area contributed by atoms with E-state index in [0.717, 1.165) is 11.1 Å². The Morgan fingerprint density at radius 1 is 1.07 bits per heavy atom. The standard InChI is InChI=1S/C34H48FN5O5/c1-22(41)40-17-7-6-9-28(38-31(43)27(36)20-23-10-13-25(35)14-11-23)33(45)39(5)29(32(44)37-16-8-18-40)21-24-12-15-30(42)26(19-24)34(2,3)4/h10-15,19,27-29,42H,6-9,16-18,20-21,36H2,1-5H3,(H,37,44)(H,38,43)/t27-,28?,29?/m0/s1. The Bertz CT molecular complexity index is 1340. The van der Waals surface area contributed by atoms with E-state index in [1.165, 1.54) is 24.0 Å². The molecule has 4 amide bonds. The Balaban J connectivity index is 1.89. The summed E-state index contributed by atoms with van der Waals surface area (Å²) in [5.41, 5.74) is 8.02. The molecule has 1 aliphatic heterocycles. The maximum atomic E-state index is 14.0. The highest BCUT2D eigenvalue weighted by Crippen LogP contribution is 2.31. The summed E-state index contributed by atoms with van der Waals surface area (Å²) >= 11 is 0. The number of phenols is 1. The van der Waals surface area contributed by atoms with Crippen LogP contribution in [0.2, 0.25) is 0 Å². The Morgan fingerprint density at radius 2 is 1.71 bits per heavy atom. The van der Waals surface area contributed by atoms with Crippen molar-refractivity contribution in [1.29, 1.82) is 0 Å². The molecule has 2 aromatic rings. The van der Waals surface area contributed by atoms with Crippen LogP contribution < -0.4 is 16.4 Å². The molecule has 0 spiro atoms. The molecule has 0 saturated carbocycles. The molecule has 0 radical (unpaired) electrons. The highest BCUT2D eigenvalue weighted by atomic mass is 19.1. The van der Waals surface area contributed by atoms with Crippen LogP contribution in [0.4, 0.5) is 4.39 Å². The van der Waals surface area contributed by atoms with Gasteiger partial charge in [0.1, 0.15) is 23.7 Å². The van der Waals surface area contributed by atoms with Crippen LogP contribution in [0.3, 0.4) is 0 Å². The number of carbonyl (C=O) groups excluding carboxylic acids is 4. The van der Waals surface area contributed by atoms with Crippen molar-refractivity contribution in [2.45, 2.75) is 89.8 Å². The average molecular weight is 626 g/mol. The van der Waals surface area contributed by atoms with Crippen molar-refractivity contribution in [2.75, 3.05) is 26.7 Å². The van der Waals surface area contributed by atoms with Crippen molar-refractivity contribution >= 4 is 23.6 Å². The minimum atomic E-state index is -0.984. The molecule has 1 aliphatic rings. The van der Waals surface area contributed by atoms with Crippen LogP contribution in [-0.2, 0) is 37.4 Å². The minimum absolute atomic E-state index is 0.0688. The molecule has 10 nitrogen and oxygen atoms in total. The molecule has 45 heavy (non-hydrogen) atoms. The second-order valence-corrected chi connectivity index (χ2v) is 12.9. The van der Waals surface area contributed by atoms with Gasteiger partial charge in [-0.05, 0) is 72.4 Å². The lowest BCUT2D eigenvalue weighted by Crippen LogP contribution is -2.57. The molecule has 2 unspecified atom stereocenters. The second-order valence-electron chi connectivity index (χ2n) is 12.9. The van der Waals surface area contributed by atoms with E-state index in [2.05, 4.69) is 10.6 Å². The van der Waals surface area contributed by atoms with E-state index in [-0.39, 0.29) is 42.2 Å². The highest BCUT2D eigenvalue weighted by Gasteiger charge is 2.33. The molecular weight excluding hydrogens is 577 g/mol. The van der Waals surface area contributed by atoms with Gasteiger partial charge in [0.15, 0.2) is 0 Å². The van der Waals surface area contributed by atoms with Gasteiger partial charge in [0.05, 0.1) is 6.04 Å². The van der Waals surface area contributed by atoms with E-state index in [4.69, 9.17) is 5.73 Å². The van der Waals surface area contributed by atoms with E-state index in [1.807, 2.05) is 26.8 Å². The molecule has 3 rings (SSSR count). The van der Waals surface area contributed by atoms with Gasteiger partial charge in [-0.25, -0.2) is 4.39 Å². The first-order valence-corrected chi connectivity index (χ1v) is 15.6. The van der Waals surface area contributed by atoms with Gasteiger partial charge in [-0.1, -0.05) is 45.0 Å². The Hall–Kier alpha value is -3.99. The lowest BCUT2D eigenvalue weighted by atomic mass is 9.84. The van der Waals surface area contributed by atoms with E-state index in [1.54, 1.807) is 36.2 Å². The van der Waals surface area contributed by atoms with Crippen LogP contribution in [0, 0.1) is 5.82 Å². The first-order valence-electron chi connectivity index (χ1n) is 15.6. The topological polar surface area (TPSA) is 145 Å². The molecule has 246 valence electrons. The summed E-state index contributed by atoms with van der Waals surface area (Å²) in [5, 5.41) is 16.2. The third-order valence-electron chi connectivity index (χ3n) is 8.26. The summed E-state index contributed by atoms with van der Waals surface area (Å²) in [4.78, 5) is 56.1. The predicted octanol–water partition coefficient (Wildman–Crippen LogP) is 2.79. The predicted molar refractivity (Wildman–Crippen MR) is 171 cm³/mol. The molecule has 1 saturated heterocycles. The van der Waals surface area contributed by atoms with Crippen molar-refractivity contribution < 1.29 is 28.7 Å². The number of nitrogens with one attached hydrogen (secondary N) is 2. The van der Waals surface area contributed by atoms with E-state index >= 15 is 0 Å². The maximum Gasteiger partial charge on any atom is 0.245 e. The van der Waals surface area contributed by atoms with Crippen LogP contribution in [0.1, 0.15) is 70.1 Å². The molecule has 5 N–H and O–H groups in total. The number of nitrogens with two attached hydrogens (primary N) is 1. The van der Waals surface area contributed by atoms with Crippen molar-refractivity contribution in [3.8, 4) is 5.75 Å². The molecule has 1 heterocycles. The van der Waals surface area contributed by atoms with Gasteiger partial charge in [0.2, 0.25) is 23.6 Å². The summed E-state index contributed by atoms with van der Waals surface area (Å²) in [6, 6.07) is 8.04. The van der Waals surface area contributed by atoms with Crippen LogP contribution in [-0.4, -0.2) is 83.3 Å². The monoisotopic (exact) mass is 625 g/mol. The summed E-state index contributed by atoms with van der Waals surface area (Å²) in [6.07, 6.45) is 2.36. The number of phenolic OH excluding ortho intramolecular Hbond substituents is 1. The quantitative estimate of drug-likeness (QED) is 0.389. The minimum Gasteiger partial charge on any atom is -0.508 e. The van der Waals surface area contributed by atoms with Crippen LogP contribution in [0.15, 0.2) is 42.5 Å². The van der Waals surface area contributed by atoms with Gasteiger partial charge < -0.3 is 31.3 Å². The molecule has 0 aromatic heterocycles. The number of rotatable bonds is 6. The fraction of sp³-hybridized carbons (Fsp3) is 0.529. The summed E-state index contributed by atoms with van der Waals surface area (Å²) < 4.78 is 13.3. The van der Waals surface area contributed by atoms with E-state index in [0.29, 0.717) is 44.5 Å². The molecular formula is C34H48FN5O5. The molecule has 2 aromatic carbocycles. The number of aromatic hydroxyl groups is 1. The number of hydrogen-bond donors (Lipinski definition) is 4. The Kier molecular flexibility index (Phi) is 12.5. The van der Waals surface area contributed by atoms with Gasteiger partial charge >= 0.3 is 0 Å². The summed E-state index contributed by atoms with van der Waals surface area (Å²) in [7, 11) is 1.55. The molecule has 0 bridgehead atoms. The van der Waals surface area contributed by atoms with Crippen LogP contribution in [0.25, 0.3) is 0 Å². The van der Waals surface area contributed by atoms with Crippen molar-refractivity contribution in [2.24, 2.45) is 5.73 Å². The number of halogens is 1. The van der Waals surface area contributed by atoms with Gasteiger partial charge in [0.25, 0.3) is 0 Å². The zero-order valence-corrected chi connectivity index (χ0v) is 27.1. The van der Waals surface area contributed by atoms with E-state index < -0.39 is 35.8 Å². The Labute approximate surface area is 265 Å². The maximum absolute atomic E-state index is 14.0. The van der Waals surface area contributed by atoms with Gasteiger partial charge in [-0.15, -0.1) is 0 Å². The number of nitrogens with zero attached hydrogens (tertiary/aromatic N) is 2. The highest BCUT2D eigenvalue weighted by molar-refractivity contribution is 5.93. The third kappa shape index (κ3) is 10.3. The van der Waals surface area contributed by atoms with Crippen LogP contribution >= 0.6 is 0 Å². The Morgan fingerprint density at radius 3 is 2.36 bits per heavy atom. The molecule has 11 heteroatoms. The average Bonchev–Trinajstić information content (AvgIpc) is 2.98. The normalized spacial score (nSPS) is 19.8. The van der Waals surface area contributed by atoms with Crippen molar-refractivity contribution in [1.82, 2.24) is 20.4 Å². The third-order valence-corrected chi connectivity index (χ3v) is 8.26. The summed E-state index contributed by atoms with van der Waals surface area (Å²) in [5.74, 6) is -1.64. The number of hydrogen-bond acceptors (Lipinski definition) is 6. The fourth-order valence-electron chi connectivity index (χ4n) is 5.52. The number of carbonyl (C=O) groups is 4. The second kappa shape index (κ2) is 15.8. The first kappa shape index (κ1) is 35.5. The van der Waals surface area contributed by atoms with Gasteiger partial charge in [-0.2, -0.15) is 0 Å². The number of likely N-dealkylation sites (N-methyl/N-ethyl adjacent to an activating group) is 1. The lowest BCUT2D eigenvalue weighted by molar-refractivity contribution is -0.142. The lowest BCUT2D eigenvalue weighted by Gasteiger charge is -2.32. The van der Waals surface area contributed by atoms with Crippen molar-refractivity contribution in [3.05, 3.63) is 65.0 Å². The molecule has 3 atom stereocenters. The summed E-state index contributed by atoms with van der Waals surface area (Å²) in [6.45, 7) is 8.75. The fourth-order valence-corrected chi connectivity index (χ4v) is 5.52. The van der Waals surface area contributed by atoms with Gasteiger partial charge in [0, 0.05) is 40.0 Å². The zero-order chi connectivity index (χ0) is 33.3. The molecule has 1 fully saturated rings. The molecule has 0 aliphatic carbocycles. The largest absolute Gasteiger partial charge is 0.508 e. The van der Waals surface area contributed by atoms with Crippen molar-refractivity contribution in [3.63, 3.8) is 0 Å².